The molecule has 3 heterocycles. The molecule has 0 unspecified atom stereocenters. The van der Waals surface area contributed by atoms with Gasteiger partial charge in [0.1, 0.15) is 73.2 Å². The van der Waals surface area contributed by atoms with Gasteiger partial charge in [0.05, 0.1) is 19.8 Å². The van der Waals surface area contributed by atoms with Crippen molar-refractivity contribution in [3.63, 3.8) is 0 Å². The van der Waals surface area contributed by atoms with Crippen molar-refractivity contribution >= 4 is 0 Å². The molecule has 0 saturated carbocycles. The lowest BCUT2D eigenvalue weighted by molar-refractivity contribution is -0.387. The molecule has 3 rings (SSSR count). The van der Waals surface area contributed by atoms with Crippen LogP contribution in [0.15, 0.2) is 0 Å². The monoisotopic (exact) mass is 504 g/mol. The van der Waals surface area contributed by atoms with Crippen molar-refractivity contribution in [3.8, 4) is 0 Å². The summed E-state index contributed by atoms with van der Waals surface area (Å²) in [6, 6.07) is 0. The van der Waals surface area contributed by atoms with Crippen LogP contribution in [0.1, 0.15) is 0 Å². The SMILES string of the molecule is OC[C@H]1O[C@H](O)[C@H](O)[C@@H](O[C@@H]2O[C@H](CO)[C@@H](O)[C@H](O)[C@@H]2O[C@H]2O[C@H](CO)[C@@H](O)[C@H](O)[C@@H]2O)[C@H]1O. The molecule has 3 aliphatic heterocycles. The van der Waals surface area contributed by atoms with Crippen LogP contribution in [0.5, 0.6) is 0 Å². The first-order chi connectivity index (χ1) is 16.0. The van der Waals surface area contributed by atoms with Gasteiger partial charge >= 0.3 is 0 Å². The van der Waals surface area contributed by atoms with Crippen LogP contribution in [-0.2, 0) is 23.7 Å². The summed E-state index contributed by atoms with van der Waals surface area (Å²) in [5.41, 5.74) is 0. The van der Waals surface area contributed by atoms with Crippen molar-refractivity contribution in [2.45, 2.75) is 92.1 Å². The molecule has 200 valence electrons. The van der Waals surface area contributed by atoms with E-state index in [1.807, 2.05) is 0 Å². The second-order valence-electron chi connectivity index (χ2n) is 8.33. The zero-order valence-electron chi connectivity index (χ0n) is 17.7. The minimum absolute atomic E-state index is 0.762. The fraction of sp³-hybridized carbons (Fsp3) is 1.00. The summed E-state index contributed by atoms with van der Waals surface area (Å²) in [6.07, 6.45) is -25.7. The maximum atomic E-state index is 10.6. The average molecular weight is 504 g/mol. The number of hydrogen-bond donors (Lipinski definition) is 11. The predicted molar refractivity (Wildman–Crippen MR) is 101 cm³/mol. The molecule has 11 N–H and O–H groups in total. The minimum atomic E-state index is -1.89. The summed E-state index contributed by atoms with van der Waals surface area (Å²) in [7, 11) is 0. The van der Waals surface area contributed by atoms with Gasteiger partial charge < -0.3 is 79.9 Å². The second-order valence-corrected chi connectivity index (χ2v) is 8.33. The van der Waals surface area contributed by atoms with E-state index in [0.29, 0.717) is 0 Å². The molecule has 0 bridgehead atoms. The average Bonchev–Trinajstić information content (AvgIpc) is 2.83. The Kier molecular flexibility index (Phi) is 9.54. The molecule has 0 spiro atoms. The molecular weight excluding hydrogens is 472 g/mol. The summed E-state index contributed by atoms with van der Waals surface area (Å²) >= 11 is 0. The van der Waals surface area contributed by atoms with E-state index >= 15 is 0 Å². The van der Waals surface area contributed by atoms with E-state index in [-0.39, 0.29) is 0 Å². The summed E-state index contributed by atoms with van der Waals surface area (Å²) < 4.78 is 26.5. The second kappa shape index (κ2) is 11.6. The highest BCUT2D eigenvalue weighted by atomic mass is 16.8. The number of aliphatic hydroxyl groups excluding tert-OH is 11. The van der Waals surface area contributed by atoms with Gasteiger partial charge in [0.25, 0.3) is 0 Å². The quantitative estimate of drug-likeness (QED) is 0.154. The van der Waals surface area contributed by atoms with Gasteiger partial charge in [0.15, 0.2) is 18.9 Å². The van der Waals surface area contributed by atoms with Gasteiger partial charge in [-0.05, 0) is 0 Å². The highest BCUT2D eigenvalue weighted by molar-refractivity contribution is 4.96. The molecule has 16 nitrogen and oxygen atoms in total. The van der Waals surface area contributed by atoms with Crippen LogP contribution in [0.25, 0.3) is 0 Å². The van der Waals surface area contributed by atoms with Gasteiger partial charge in [-0.2, -0.15) is 0 Å². The van der Waals surface area contributed by atoms with Gasteiger partial charge in [-0.25, -0.2) is 0 Å². The van der Waals surface area contributed by atoms with Crippen LogP contribution in [0.3, 0.4) is 0 Å². The zero-order chi connectivity index (χ0) is 25.3. The Morgan fingerprint density at radius 2 is 0.912 bits per heavy atom. The first kappa shape index (κ1) is 27.9. The molecule has 16 heteroatoms. The van der Waals surface area contributed by atoms with Gasteiger partial charge in [-0.1, -0.05) is 0 Å². The van der Waals surface area contributed by atoms with Crippen molar-refractivity contribution in [1.29, 1.82) is 0 Å². The van der Waals surface area contributed by atoms with Crippen molar-refractivity contribution in [1.82, 2.24) is 0 Å². The number of ether oxygens (including phenoxy) is 5. The van der Waals surface area contributed by atoms with E-state index < -0.39 is 112 Å². The van der Waals surface area contributed by atoms with Crippen LogP contribution in [0.4, 0.5) is 0 Å². The summed E-state index contributed by atoms with van der Waals surface area (Å²) in [5.74, 6) is 0. The van der Waals surface area contributed by atoms with Crippen molar-refractivity contribution in [2.75, 3.05) is 19.8 Å². The van der Waals surface area contributed by atoms with Crippen LogP contribution >= 0.6 is 0 Å². The first-order valence-corrected chi connectivity index (χ1v) is 10.6. The third-order valence-electron chi connectivity index (χ3n) is 6.10. The van der Waals surface area contributed by atoms with E-state index in [1.54, 1.807) is 0 Å². The van der Waals surface area contributed by atoms with Gasteiger partial charge in [0, 0.05) is 0 Å². The lowest BCUT2D eigenvalue weighted by atomic mass is 9.96. The maximum absolute atomic E-state index is 10.6. The van der Waals surface area contributed by atoms with E-state index in [1.165, 1.54) is 0 Å². The summed E-state index contributed by atoms with van der Waals surface area (Å²) in [4.78, 5) is 0. The summed E-state index contributed by atoms with van der Waals surface area (Å²) in [6.45, 7) is -2.34. The molecule has 34 heavy (non-hydrogen) atoms. The van der Waals surface area contributed by atoms with Gasteiger partial charge in [-0.15, -0.1) is 0 Å². The zero-order valence-corrected chi connectivity index (χ0v) is 17.7. The van der Waals surface area contributed by atoms with Crippen LogP contribution in [0.2, 0.25) is 0 Å². The highest BCUT2D eigenvalue weighted by Gasteiger charge is 2.53. The smallest absolute Gasteiger partial charge is 0.187 e. The van der Waals surface area contributed by atoms with Crippen LogP contribution < -0.4 is 0 Å². The molecule has 3 aliphatic rings. The fourth-order valence-electron chi connectivity index (χ4n) is 4.03. The third kappa shape index (κ3) is 5.37. The van der Waals surface area contributed by atoms with Crippen LogP contribution in [0, 0.1) is 0 Å². The molecule has 0 aromatic rings. The number of aliphatic hydroxyl groups is 11. The maximum Gasteiger partial charge on any atom is 0.187 e. The molecule has 0 radical (unpaired) electrons. The lowest BCUT2D eigenvalue weighted by Crippen LogP contribution is -2.67. The van der Waals surface area contributed by atoms with Crippen molar-refractivity contribution in [3.05, 3.63) is 0 Å². The highest BCUT2D eigenvalue weighted by Crippen LogP contribution is 2.32. The van der Waals surface area contributed by atoms with Crippen molar-refractivity contribution in [2.24, 2.45) is 0 Å². The normalized spacial score (nSPS) is 52.5. The van der Waals surface area contributed by atoms with Crippen LogP contribution in [-0.4, -0.2) is 168 Å². The Morgan fingerprint density at radius 1 is 0.441 bits per heavy atom. The molecule has 3 saturated heterocycles. The number of rotatable bonds is 7. The third-order valence-corrected chi connectivity index (χ3v) is 6.10. The minimum Gasteiger partial charge on any atom is -0.394 e. The molecule has 0 amide bonds. The molecular formula is C18H32O16. The molecule has 0 aromatic heterocycles. The predicted octanol–water partition coefficient (Wildman–Crippen LogP) is -7.57. The van der Waals surface area contributed by atoms with Gasteiger partial charge in [0.2, 0.25) is 0 Å². The molecule has 0 aliphatic carbocycles. The summed E-state index contributed by atoms with van der Waals surface area (Å²) in [5, 5.41) is 110. The first-order valence-electron chi connectivity index (χ1n) is 10.6. The lowest BCUT2D eigenvalue weighted by Gasteiger charge is -2.48. The Balaban J connectivity index is 1.84. The van der Waals surface area contributed by atoms with Gasteiger partial charge in [-0.3, -0.25) is 0 Å². The topological polar surface area (TPSA) is 269 Å². The van der Waals surface area contributed by atoms with E-state index in [2.05, 4.69) is 0 Å². The Bertz CT molecular complexity index is 639. The molecule has 0 aromatic carbocycles. The fourth-order valence-corrected chi connectivity index (χ4v) is 4.03. The molecule has 3 fully saturated rings. The Morgan fingerprint density at radius 3 is 1.47 bits per heavy atom. The number of hydrogen-bond acceptors (Lipinski definition) is 16. The standard InChI is InChI=1S/C18H32O16/c19-1-4-7(22)10(25)12(27)17(31-4)34-15-11(26)8(23)5(2-20)32-18(15)33-14-9(24)6(3-21)30-16(29)13(14)28/h4-29H,1-3H2/t4-,5-,6-,7-,8-,9+,10+,11+,12+,13-,14+,15+,16+,17-,18+/m1/s1. The van der Waals surface area contributed by atoms with Crippen molar-refractivity contribution < 1.29 is 79.9 Å². The Hall–Kier alpha value is -0.640. The Labute approximate surface area is 192 Å². The molecule has 15 atom stereocenters. The van der Waals surface area contributed by atoms with E-state index in [0.717, 1.165) is 0 Å². The van der Waals surface area contributed by atoms with E-state index in [4.69, 9.17) is 23.7 Å². The van der Waals surface area contributed by atoms with E-state index in [9.17, 15) is 56.2 Å². The largest absolute Gasteiger partial charge is 0.394 e.